The fourth-order valence-corrected chi connectivity index (χ4v) is 2.37. The number of rotatable bonds is 8. The van der Waals surface area contributed by atoms with Crippen LogP contribution >= 0.6 is 12.4 Å². The molecule has 8 heteroatoms. The maximum absolute atomic E-state index is 11.8. The van der Waals surface area contributed by atoms with Crippen LogP contribution in [0.2, 0.25) is 0 Å². The molecule has 0 radical (unpaired) electrons. The monoisotopic (exact) mass is 334 g/mol. The summed E-state index contributed by atoms with van der Waals surface area (Å²) in [7, 11) is 1.59. The van der Waals surface area contributed by atoms with Crippen LogP contribution in [0.3, 0.4) is 0 Å². The Labute approximate surface area is 138 Å². The number of nitrogens with two attached hydrogens (primary N) is 1. The first-order chi connectivity index (χ1) is 9.85. The summed E-state index contributed by atoms with van der Waals surface area (Å²) in [4.78, 5) is 37.6. The lowest BCUT2D eigenvalue weighted by molar-refractivity contribution is -0.126. The standard InChI is InChI=1S/C14H26N4O3.ClH/c1-10(2)7-11(8-15)16-12(19)5-4-6-18-13(20)9-17(3)14(18)21;/h10-11H,4-9,15H2,1-3H3,(H,16,19);1H. The van der Waals surface area contributed by atoms with Gasteiger partial charge in [0.25, 0.3) is 0 Å². The highest BCUT2D eigenvalue weighted by Gasteiger charge is 2.32. The van der Waals surface area contributed by atoms with Crippen LogP contribution in [0.4, 0.5) is 4.79 Å². The maximum atomic E-state index is 11.8. The SMILES string of the molecule is CC(C)CC(CN)NC(=O)CCCN1C(=O)CN(C)C1=O.Cl. The lowest BCUT2D eigenvalue weighted by Crippen LogP contribution is -2.41. The lowest BCUT2D eigenvalue weighted by Gasteiger charge is -2.19. The molecule has 7 nitrogen and oxygen atoms in total. The van der Waals surface area contributed by atoms with Gasteiger partial charge in [-0.1, -0.05) is 13.8 Å². The van der Waals surface area contributed by atoms with Gasteiger partial charge in [0.1, 0.15) is 6.54 Å². The van der Waals surface area contributed by atoms with Crippen LogP contribution in [-0.2, 0) is 9.59 Å². The van der Waals surface area contributed by atoms with Gasteiger partial charge >= 0.3 is 6.03 Å². The molecule has 128 valence electrons. The van der Waals surface area contributed by atoms with Crippen molar-refractivity contribution in [2.75, 3.05) is 26.7 Å². The van der Waals surface area contributed by atoms with Gasteiger partial charge in [-0.2, -0.15) is 0 Å². The summed E-state index contributed by atoms with van der Waals surface area (Å²) >= 11 is 0. The molecule has 0 spiro atoms. The zero-order valence-electron chi connectivity index (χ0n) is 13.5. The molecular formula is C14H27ClN4O3. The van der Waals surface area contributed by atoms with Gasteiger partial charge in [-0.25, -0.2) is 4.79 Å². The van der Waals surface area contributed by atoms with E-state index in [1.165, 1.54) is 9.80 Å². The molecule has 3 N–H and O–H groups in total. The predicted octanol–water partition coefficient (Wildman–Crippen LogP) is 0.572. The Bertz CT molecular complexity index is 404. The second-order valence-electron chi connectivity index (χ2n) is 5.92. The van der Waals surface area contributed by atoms with E-state index < -0.39 is 0 Å². The van der Waals surface area contributed by atoms with Gasteiger partial charge in [0.05, 0.1) is 0 Å². The Morgan fingerprint density at radius 3 is 2.45 bits per heavy atom. The number of hydrogen-bond acceptors (Lipinski definition) is 4. The molecule has 1 aliphatic heterocycles. The zero-order chi connectivity index (χ0) is 16.0. The van der Waals surface area contributed by atoms with Crippen molar-refractivity contribution in [3.63, 3.8) is 0 Å². The highest BCUT2D eigenvalue weighted by Crippen LogP contribution is 2.09. The van der Waals surface area contributed by atoms with Crippen LogP contribution in [0.5, 0.6) is 0 Å². The molecule has 0 aliphatic carbocycles. The van der Waals surface area contributed by atoms with Crippen molar-refractivity contribution < 1.29 is 14.4 Å². The highest BCUT2D eigenvalue weighted by molar-refractivity contribution is 6.01. The molecule has 1 heterocycles. The zero-order valence-corrected chi connectivity index (χ0v) is 14.3. The van der Waals surface area contributed by atoms with Crippen LogP contribution in [0.25, 0.3) is 0 Å². The van der Waals surface area contributed by atoms with Gasteiger partial charge in [0.2, 0.25) is 11.8 Å². The van der Waals surface area contributed by atoms with E-state index in [0.717, 1.165) is 6.42 Å². The summed E-state index contributed by atoms with van der Waals surface area (Å²) in [6.45, 7) is 4.98. The summed E-state index contributed by atoms with van der Waals surface area (Å²) in [5, 5.41) is 2.89. The van der Waals surface area contributed by atoms with Gasteiger partial charge in [0, 0.05) is 32.6 Å². The number of nitrogens with one attached hydrogen (secondary N) is 1. The van der Waals surface area contributed by atoms with E-state index in [1.807, 2.05) is 0 Å². The normalized spacial score (nSPS) is 16.0. The summed E-state index contributed by atoms with van der Waals surface area (Å²) in [6.07, 6.45) is 1.60. The van der Waals surface area contributed by atoms with Gasteiger partial charge in [-0.15, -0.1) is 12.4 Å². The predicted molar refractivity (Wildman–Crippen MR) is 86.7 cm³/mol. The molecule has 0 aromatic carbocycles. The van der Waals surface area contributed by atoms with Crippen LogP contribution < -0.4 is 11.1 Å². The molecule has 1 unspecified atom stereocenters. The third kappa shape index (κ3) is 6.19. The number of hydrogen-bond donors (Lipinski definition) is 2. The first kappa shape index (κ1) is 20.7. The van der Waals surface area contributed by atoms with Gasteiger partial charge in [-0.05, 0) is 18.8 Å². The van der Waals surface area contributed by atoms with E-state index in [4.69, 9.17) is 5.73 Å². The van der Waals surface area contributed by atoms with E-state index in [-0.39, 0.29) is 55.8 Å². The molecule has 1 fully saturated rings. The van der Waals surface area contributed by atoms with Crippen molar-refractivity contribution in [3.05, 3.63) is 0 Å². The van der Waals surface area contributed by atoms with E-state index in [1.54, 1.807) is 7.05 Å². The maximum Gasteiger partial charge on any atom is 0.326 e. The van der Waals surface area contributed by atoms with E-state index in [2.05, 4.69) is 19.2 Å². The summed E-state index contributed by atoms with van der Waals surface area (Å²) < 4.78 is 0. The van der Waals surface area contributed by atoms with Crippen LogP contribution in [0.15, 0.2) is 0 Å². The Kier molecular flexibility index (Phi) is 9.04. The van der Waals surface area contributed by atoms with Crippen molar-refractivity contribution >= 4 is 30.3 Å². The molecule has 1 aliphatic rings. The molecule has 0 aromatic heterocycles. The fraction of sp³-hybridized carbons (Fsp3) is 0.786. The molecule has 0 bridgehead atoms. The Morgan fingerprint density at radius 1 is 1.36 bits per heavy atom. The second kappa shape index (κ2) is 9.63. The quantitative estimate of drug-likeness (QED) is 0.634. The minimum absolute atomic E-state index is 0. The molecule has 1 saturated heterocycles. The number of carbonyl (C=O) groups is 3. The highest BCUT2D eigenvalue weighted by atomic mass is 35.5. The molecule has 1 rings (SSSR count). The average Bonchev–Trinajstić information content (AvgIpc) is 2.63. The van der Waals surface area contributed by atoms with Crippen LogP contribution in [0, 0.1) is 5.92 Å². The van der Waals surface area contributed by atoms with Crippen molar-refractivity contribution in [3.8, 4) is 0 Å². The Morgan fingerprint density at radius 2 is 2.00 bits per heavy atom. The van der Waals surface area contributed by atoms with Crippen molar-refractivity contribution in [2.24, 2.45) is 11.7 Å². The van der Waals surface area contributed by atoms with E-state index in [9.17, 15) is 14.4 Å². The third-order valence-corrected chi connectivity index (χ3v) is 3.42. The smallest absolute Gasteiger partial charge is 0.326 e. The fourth-order valence-electron chi connectivity index (χ4n) is 2.37. The molecule has 0 aromatic rings. The minimum atomic E-state index is -0.292. The topological polar surface area (TPSA) is 95.7 Å². The third-order valence-electron chi connectivity index (χ3n) is 3.42. The number of likely N-dealkylation sites (N-methyl/N-ethyl adjacent to an activating group) is 1. The first-order valence-electron chi connectivity index (χ1n) is 7.40. The van der Waals surface area contributed by atoms with Crippen LogP contribution in [0.1, 0.15) is 33.1 Å². The van der Waals surface area contributed by atoms with Crippen molar-refractivity contribution in [2.45, 2.75) is 39.2 Å². The van der Waals surface area contributed by atoms with E-state index >= 15 is 0 Å². The molecule has 4 amide bonds. The molecule has 1 atom stereocenters. The largest absolute Gasteiger partial charge is 0.352 e. The molecule has 22 heavy (non-hydrogen) atoms. The van der Waals surface area contributed by atoms with Crippen molar-refractivity contribution in [1.29, 1.82) is 0 Å². The minimum Gasteiger partial charge on any atom is -0.352 e. The van der Waals surface area contributed by atoms with Gasteiger partial charge < -0.3 is 16.0 Å². The number of carbonyl (C=O) groups excluding carboxylic acids is 3. The number of nitrogens with zero attached hydrogens (tertiary/aromatic N) is 2. The summed E-state index contributed by atoms with van der Waals surface area (Å²) in [5.74, 6) is 0.176. The number of halogens is 1. The first-order valence-corrected chi connectivity index (χ1v) is 7.40. The second-order valence-corrected chi connectivity index (χ2v) is 5.92. The Hall–Kier alpha value is -1.34. The summed E-state index contributed by atoms with van der Waals surface area (Å²) in [6, 6.07) is -0.307. The Balaban J connectivity index is 0.00000441. The average molecular weight is 335 g/mol. The lowest BCUT2D eigenvalue weighted by atomic mass is 10.0. The summed E-state index contributed by atoms with van der Waals surface area (Å²) in [5.41, 5.74) is 5.63. The number of urea groups is 1. The van der Waals surface area contributed by atoms with Crippen LogP contribution in [-0.4, -0.2) is 60.4 Å². The van der Waals surface area contributed by atoms with Gasteiger partial charge in [0.15, 0.2) is 0 Å². The van der Waals surface area contributed by atoms with Gasteiger partial charge in [-0.3, -0.25) is 14.5 Å². The number of amides is 4. The van der Waals surface area contributed by atoms with E-state index in [0.29, 0.717) is 18.9 Å². The molecular weight excluding hydrogens is 308 g/mol. The van der Waals surface area contributed by atoms with Crippen molar-refractivity contribution in [1.82, 2.24) is 15.1 Å². The number of imide groups is 1. The molecule has 0 saturated carbocycles.